The van der Waals surface area contributed by atoms with Gasteiger partial charge in [-0.1, -0.05) is 166 Å². The monoisotopic (exact) mass is 704 g/mol. The molecule has 0 amide bonds. The van der Waals surface area contributed by atoms with Crippen LogP contribution in [0.25, 0.3) is 89.6 Å². The Balaban J connectivity index is 0.988. The van der Waals surface area contributed by atoms with Gasteiger partial charge in [0.25, 0.3) is 0 Å². The van der Waals surface area contributed by atoms with Crippen LogP contribution in [0.4, 0.5) is 0 Å². The summed E-state index contributed by atoms with van der Waals surface area (Å²) in [4.78, 5) is 19.4. The fourth-order valence-corrected chi connectivity index (χ4v) is 8.07. The molecule has 1 aliphatic rings. The maximum absolute atomic E-state index is 4.99. The molecule has 0 spiro atoms. The van der Waals surface area contributed by atoms with Crippen LogP contribution in [0.15, 0.2) is 182 Å². The van der Waals surface area contributed by atoms with Gasteiger partial charge < -0.3 is 0 Å². The highest BCUT2D eigenvalue weighted by atomic mass is 15.0. The lowest BCUT2D eigenvalue weighted by molar-refractivity contribution is 0.661. The minimum absolute atomic E-state index is 0.0529. The quantitative estimate of drug-likeness (QED) is 0.173. The van der Waals surface area contributed by atoms with Crippen molar-refractivity contribution in [3.63, 3.8) is 0 Å². The molecule has 0 bridgehead atoms. The third kappa shape index (κ3) is 5.80. The summed E-state index contributed by atoms with van der Waals surface area (Å²) in [5, 5.41) is 2.60. The van der Waals surface area contributed by atoms with E-state index in [1.165, 1.54) is 44.2 Å². The zero-order chi connectivity index (χ0) is 36.9. The van der Waals surface area contributed by atoms with Crippen molar-refractivity contribution in [3.8, 4) is 78.8 Å². The van der Waals surface area contributed by atoms with E-state index in [2.05, 4.69) is 146 Å². The maximum Gasteiger partial charge on any atom is 0.164 e. The van der Waals surface area contributed by atoms with Gasteiger partial charge in [-0.05, 0) is 79.5 Å². The van der Waals surface area contributed by atoms with Gasteiger partial charge in [0.2, 0.25) is 0 Å². The van der Waals surface area contributed by atoms with Crippen molar-refractivity contribution < 1.29 is 0 Å². The Morgan fingerprint density at radius 3 is 1.60 bits per heavy atom. The lowest BCUT2D eigenvalue weighted by Crippen LogP contribution is -2.14. The number of rotatable bonds is 6. The molecule has 1 aliphatic carbocycles. The summed E-state index contributed by atoms with van der Waals surface area (Å²) in [6.07, 6.45) is 1.81. The molecule has 55 heavy (non-hydrogen) atoms. The van der Waals surface area contributed by atoms with E-state index in [0.29, 0.717) is 17.5 Å². The van der Waals surface area contributed by atoms with Crippen LogP contribution in [-0.2, 0) is 5.41 Å². The van der Waals surface area contributed by atoms with Crippen molar-refractivity contribution in [2.75, 3.05) is 0 Å². The number of hydrogen-bond donors (Lipinski definition) is 0. The van der Waals surface area contributed by atoms with E-state index < -0.39 is 0 Å². The summed E-state index contributed by atoms with van der Waals surface area (Å²) in [6, 6.07) is 62.0. The Bertz CT molecular complexity index is 2860. The third-order valence-electron chi connectivity index (χ3n) is 11.0. The minimum Gasteiger partial charge on any atom is -0.256 e. The van der Waals surface area contributed by atoms with Crippen LogP contribution < -0.4 is 0 Å². The highest BCUT2D eigenvalue weighted by Gasteiger charge is 2.36. The van der Waals surface area contributed by atoms with E-state index in [0.717, 1.165) is 39.1 Å². The zero-order valence-electron chi connectivity index (χ0n) is 30.6. The van der Waals surface area contributed by atoms with Gasteiger partial charge in [0.05, 0.1) is 5.69 Å². The van der Waals surface area contributed by atoms with Gasteiger partial charge in [0.15, 0.2) is 17.5 Å². The highest BCUT2D eigenvalue weighted by molar-refractivity contribution is 6.03. The average Bonchev–Trinajstić information content (AvgIpc) is 3.49. The molecule has 0 saturated heterocycles. The first-order valence-corrected chi connectivity index (χ1v) is 18.7. The van der Waals surface area contributed by atoms with Crippen molar-refractivity contribution >= 4 is 10.8 Å². The van der Waals surface area contributed by atoms with Crippen LogP contribution in [-0.4, -0.2) is 19.9 Å². The van der Waals surface area contributed by atoms with Gasteiger partial charge in [-0.2, -0.15) is 0 Å². The second-order valence-corrected chi connectivity index (χ2v) is 14.7. The molecule has 4 heteroatoms. The van der Waals surface area contributed by atoms with Crippen molar-refractivity contribution in [1.29, 1.82) is 0 Å². The van der Waals surface area contributed by atoms with E-state index in [4.69, 9.17) is 15.0 Å². The van der Waals surface area contributed by atoms with Gasteiger partial charge >= 0.3 is 0 Å². The molecule has 0 unspecified atom stereocenters. The normalized spacial score (nSPS) is 12.7. The van der Waals surface area contributed by atoms with Crippen molar-refractivity contribution in [2.45, 2.75) is 19.3 Å². The Kier molecular flexibility index (Phi) is 7.77. The Labute approximate surface area is 320 Å². The number of benzene rings is 7. The number of nitrogens with zero attached hydrogens (tertiary/aromatic N) is 4. The smallest absolute Gasteiger partial charge is 0.164 e. The van der Waals surface area contributed by atoms with Crippen molar-refractivity contribution in [1.82, 2.24) is 19.9 Å². The fraction of sp³-hybridized carbons (Fsp3) is 0.0588. The van der Waals surface area contributed by atoms with Crippen LogP contribution in [0.5, 0.6) is 0 Å². The molecule has 0 radical (unpaired) electrons. The standard InChI is InChI=1S/C51H36N4/c1-51(2)44-28-27-41(32-43(44)47-42-16-7-6-11-34(42)26-29-45(47)51)40-15-10-14-39(31-40)33-18-22-37(23-19-33)49-53-48(36-12-4-3-5-13-36)54-50(55-49)38-24-20-35(21-25-38)46-17-8-9-30-52-46/h3-32H,1-2H3. The molecule has 2 heterocycles. The Morgan fingerprint density at radius 2 is 0.909 bits per heavy atom. The molecule has 9 aromatic rings. The molecular formula is C51H36N4. The summed E-state index contributed by atoms with van der Waals surface area (Å²) >= 11 is 0. The van der Waals surface area contributed by atoms with Crippen LogP contribution >= 0.6 is 0 Å². The largest absolute Gasteiger partial charge is 0.256 e. The maximum atomic E-state index is 4.99. The molecule has 10 rings (SSSR count). The van der Waals surface area contributed by atoms with E-state index in [9.17, 15) is 0 Å². The molecule has 0 atom stereocenters. The van der Waals surface area contributed by atoms with E-state index >= 15 is 0 Å². The number of fused-ring (bicyclic) bond motifs is 5. The predicted octanol–water partition coefficient (Wildman–Crippen LogP) is 12.7. The molecule has 0 fully saturated rings. The van der Waals surface area contributed by atoms with Crippen LogP contribution in [0.2, 0.25) is 0 Å². The Hall–Kier alpha value is -7.04. The summed E-state index contributed by atoms with van der Waals surface area (Å²) in [6.45, 7) is 4.69. The summed E-state index contributed by atoms with van der Waals surface area (Å²) < 4.78 is 0. The first-order valence-electron chi connectivity index (χ1n) is 18.7. The van der Waals surface area contributed by atoms with Crippen LogP contribution in [0.1, 0.15) is 25.0 Å². The average molecular weight is 705 g/mol. The SMILES string of the molecule is CC1(C)c2ccc(-c3cccc(-c4ccc(-c5nc(-c6ccccc6)nc(-c6ccc(-c7ccccn7)cc6)n5)cc4)c3)cc2-c2c1ccc1ccccc21. The second kappa shape index (κ2) is 13.1. The molecule has 0 saturated carbocycles. The van der Waals surface area contributed by atoms with Crippen LogP contribution in [0, 0.1) is 0 Å². The first kappa shape index (κ1) is 32.6. The topological polar surface area (TPSA) is 51.6 Å². The van der Waals surface area contributed by atoms with E-state index in [1.54, 1.807) is 0 Å². The van der Waals surface area contributed by atoms with Gasteiger partial charge in [-0.25, -0.2) is 15.0 Å². The van der Waals surface area contributed by atoms with Gasteiger partial charge in [0.1, 0.15) is 0 Å². The number of hydrogen-bond acceptors (Lipinski definition) is 4. The first-order chi connectivity index (χ1) is 27.0. The Morgan fingerprint density at radius 1 is 0.382 bits per heavy atom. The van der Waals surface area contributed by atoms with Crippen molar-refractivity contribution in [3.05, 3.63) is 193 Å². The summed E-state index contributed by atoms with van der Waals surface area (Å²) in [7, 11) is 0. The summed E-state index contributed by atoms with van der Waals surface area (Å²) in [5.41, 5.74) is 14.9. The fourth-order valence-electron chi connectivity index (χ4n) is 8.07. The zero-order valence-corrected chi connectivity index (χ0v) is 30.6. The molecule has 0 N–H and O–H groups in total. The van der Waals surface area contributed by atoms with Gasteiger partial charge in [-0.3, -0.25) is 4.98 Å². The molecule has 260 valence electrons. The number of aromatic nitrogens is 4. The minimum atomic E-state index is -0.0529. The predicted molar refractivity (Wildman–Crippen MR) is 225 cm³/mol. The highest BCUT2D eigenvalue weighted by Crippen LogP contribution is 2.52. The lowest BCUT2D eigenvalue weighted by atomic mass is 9.82. The molecule has 0 aliphatic heterocycles. The van der Waals surface area contributed by atoms with Crippen LogP contribution in [0.3, 0.4) is 0 Å². The second-order valence-electron chi connectivity index (χ2n) is 14.7. The van der Waals surface area contributed by atoms with Gasteiger partial charge in [0, 0.05) is 33.9 Å². The number of pyridine rings is 1. The molecular weight excluding hydrogens is 669 g/mol. The van der Waals surface area contributed by atoms with Crippen molar-refractivity contribution in [2.24, 2.45) is 0 Å². The van der Waals surface area contributed by atoms with E-state index in [-0.39, 0.29) is 5.41 Å². The molecule has 7 aromatic carbocycles. The third-order valence-corrected chi connectivity index (χ3v) is 11.0. The van der Waals surface area contributed by atoms with Gasteiger partial charge in [-0.15, -0.1) is 0 Å². The van der Waals surface area contributed by atoms with E-state index in [1.807, 2.05) is 54.7 Å². The summed E-state index contributed by atoms with van der Waals surface area (Å²) in [5.74, 6) is 1.90. The molecule has 2 aromatic heterocycles. The molecule has 4 nitrogen and oxygen atoms in total. The lowest BCUT2D eigenvalue weighted by Gasteiger charge is -2.21.